The van der Waals surface area contributed by atoms with Gasteiger partial charge in [0.05, 0.1) is 5.52 Å². The predicted octanol–water partition coefficient (Wildman–Crippen LogP) is 1.44. The summed E-state index contributed by atoms with van der Waals surface area (Å²) in [4.78, 5) is 27.4. The first-order valence-electron chi connectivity index (χ1n) is 8.29. The number of aryl methyl sites for hydroxylation is 1. The molecular weight excluding hydrogens is 306 g/mol. The van der Waals surface area contributed by atoms with Crippen molar-refractivity contribution in [2.75, 3.05) is 31.6 Å². The number of carbonyl (C=O) groups is 2. The Bertz CT molecular complexity index is 828. The molecule has 4 rings (SSSR count). The van der Waals surface area contributed by atoms with Gasteiger partial charge >= 0.3 is 6.03 Å². The third-order valence-corrected chi connectivity index (χ3v) is 5.03. The molecule has 0 radical (unpaired) electrons. The van der Waals surface area contributed by atoms with Gasteiger partial charge in [-0.1, -0.05) is 6.07 Å². The number of likely N-dealkylation sites (tertiary alicyclic amines) is 1. The smallest absolute Gasteiger partial charge is 0.306 e. The summed E-state index contributed by atoms with van der Waals surface area (Å²) < 4.78 is 1.82. The van der Waals surface area contributed by atoms with Gasteiger partial charge in [-0.3, -0.25) is 19.7 Å². The zero-order chi connectivity index (χ0) is 16.8. The van der Waals surface area contributed by atoms with Gasteiger partial charge in [0.1, 0.15) is 0 Å². The van der Waals surface area contributed by atoms with Crippen LogP contribution in [0.3, 0.4) is 0 Å². The van der Waals surface area contributed by atoms with E-state index in [1.807, 2.05) is 11.7 Å². The van der Waals surface area contributed by atoms with Gasteiger partial charge in [0.2, 0.25) is 5.91 Å². The lowest BCUT2D eigenvalue weighted by molar-refractivity contribution is -0.120. The molecule has 2 saturated heterocycles. The van der Waals surface area contributed by atoms with Crippen LogP contribution in [0.25, 0.3) is 10.9 Å². The van der Waals surface area contributed by atoms with Crippen LogP contribution in [0.1, 0.15) is 24.3 Å². The maximum absolute atomic E-state index is 12.1. The number of nitrogens with one attached hydrogen (secondary N) is 1. The molecule has 0 spiro atoms. The fraction of sp³-hybridized carbons (Fsp3) is 0.471. The fourth-order valence-corrected chi connectivity index (χ4v) is 3.68. The van der Waals surface area contributed by atoms with E-state index in [1.54, 1.807) is 4.90 Å². The van der Waals surface area contributed by atoms with E-state index in [2.05, 4.69) is 40.6 Å². The standard InChI is InChI=1S/C17H21N5O2/c1-20-7-5-12(10-20)11-3-4-13-14(9-11)21(2)19-16(13)22-8-6-15(23)18-17(22)24/h3-4,9,12H,5-8,10H2,1-2H3,(H,18,23,24)/t12-/m0/s1. The summed E-state index contributed by atoms with van der Waals surface area (Å²) in [6.07, 6.45) is 1.47. The topological polar surface area (TPSA) is 70.5 Å². The van der Waals surface area contributed by atoms with Gasteiger partial charge in [-0.2, -0.15) is 5.10 Å². The van der Waals surface area contributed by atoms with Crippen molar-refractivity contribution in [2.24, 2.45) is 7.05 Å². The molecule has 3 heterocycles. The highest BCUT2D eigenvalue weighted by molar-refractivity contribution is 6.08. The number of hydrogen-bond donors (Lipinski definition) is 1. The van der Waals surface area contributed by atoms with Gasteiger partial charge < -0.3 is 4.90 Å². The van der Waals surface area contributed by atoms with E-state index in [9.17, 15) is 9.59 Å². The van der Waals surface area contributed by atoms with Gasteiger partial charge in [0, 0.05) is 31.9 Å². The highest BCUT2D eigenvalue weighted by Crippen LogP contribution is 2.32. The van der Waals surface area contributed by atoms with Gasteiger partial charge in [0.15, 0.2) is 5.82 Å². The minimum atomic E-state index is -0.396. The van der Waals surface area contributed by atoms with E-state index in [-0.39, 0.29) is 5.91 Å². The Kier molecular flexibility index (Phi) is 3.53. The first-order chi connectivity index (χ1) is 11.5. The second-order valence-electron chi connectivity index (χ2n) is 6.73. The molecule has 1 atom stereocenters. The minimum absolute atomic E-state index is 0.232. The fourth-order valence-electron chi connectivity index (χ4n) is 3.68. The molecule has 3 amide bonds. The van der Waals surface area contributed by atoms with Crippen molar-refractivity contribution >= 4 is 28.7 Å². The van der Waals surface area contributed by atoms with Gasteiger partial charge in [-0.15, -0.1) is 0 Å². The molecule has 7 nitrogen and oxygen atoms in total. The highest BCUT2D eigenvalue weighted by atomic mass is 16.2. The van der Waals surface area contributed by atoms with Crippen LogP contribution in [0.4, 0.5) is 10.6 Å². The van der Waals surface area contributed by atoms with Crippen molar-refractivity contribution in [1.29, 1.82) is 0 Å². The maximum Gasteiger partial charge on any atom is 0.329 e. The molecule has 1 N–H and O–H groups in total. The molecule has 2 aromatic rings. The summed E-state index contributed by atoms with van der Waals surface area (Å²) in [5.41, 5.74) is 2.33. The van der Waals surface area contributed by atoms with Crippen molar-refractivity contribution < 1.29 is 9.59 Å². The SMILES string of the molecule is CN1CC[C@H](c2ccc3c(N4CCC(=O)NC4=O)nn(C)c3c2)C1. The second-order valence-corrected chi connectivity index (χ2v) is 6.73. The van der Waals surface area contributed by atoms with Gasteiger partial charge in [-0.25, -0.2) is 4.79 Å². The maximum atomic E-state index is 12.1. The molecule has 0 unspecified atom stereocenters. The Labute approximate surface area is 140 Å². The number of urea groups is 1. The van der Waals surface area contributed by atoms with Gasteiger partial charge in [-0.05, 0) is 43.6 Å². The van der Waals surface area contributed by atoms with Gasteiger partial charge in [0.25, 0.3) is 0 Å². The van der Waals surface area contributed by atoms with E-state index >= 15 is 0 Å². The number of benzene rings is 1. The number of rotatable bonds is 2. The number of hydrogen-bond acceptors (Lipinski definition) is 4. The average Bonchev–Trinajstić information content (AvgIpc) is 3.12. The average molecular weight is 327 g/mol. The number of imide groups is 1. The lowest BCUT2D eigenvalue weighted by Gasteiger charge is -2.24. The molecule has 2 fully saturated rings. The van der Waals surface area contributed by atoms with Crippen LogP contribution in [0.15, 0.2) is 18.2 Å². The lowest BCUT2D eigenvalue weighted by Crippen LogP contribution is -2.49. The Balaban J connectivity index is 1.71. The molecule has 0 bridgehead atoms. The normalized spacial score (nSPS) is 22.4. The number of fused-ring (bicyclic) bond motifs is 1. The molecule has 7 heteroatoms. The largest absolute Gasteiger partial charge is 0.329 e. The van der Waals surface area contributed by atoms with E-state index < -0.39 is 6.03 Å². The molecule has 0 aliphatic carbocycles. The Morgan fingerprint density at radius 2 is 2.04 bits per heavy atom. The quantitative estimate of drug-likeness (QED) is 0.906. The molecular formula is C17H21N5O2. The summed E-state index contributed by atoms with van der Waals surface area (Å²) in [7, 11) is 4.04. The first kappa shape index (κ1) is 15.1. The van der Waals surface area contributed by atoms with Crippen LogP contribution in [-0.4, -0.2) is 53.3 Å². The van der Waals surface area contributed by atoms with E-state index in [0.29, 0.717) is 24.7 Å². The monoisotopic (exact) mass is 327 g/mol. The van der Waals surface area contributed by atoms with Crippen LogP contribution in [0.2, 0.25) is 0 Å². The molecule has 1 aromatic carbocycles. The van der Waals surface area contributed by atoms with E-state index in [4.69, 9.17) is 0 Å². The van der Waals surface area contributed by atoms with Crippen LogP contribution in [0.5, 0.6) is 0 Å². The van der Waals surface area contributed by atoms with Crippen molar-refractivity contribution in [3.63, 3.8) is 0 Å². The number of likely N-dealkylation sites (N-methyl/N-ethyl adjacent to an activating group) is 1. The third kappa shape index (κ3) is 2.45. The Morgan fingerprint density at radius 3 is 2.75 bits per heavy atom. The number of carbonyl (C=O) groups excluding carboxylic acids is 2. The summed E-state index contributed by atoms with van der Waals surface area (Å²) in [5, 5.41) is 7.83. The minimum Gasteiger partial charge on any atom is -0.306 e. The summed E-state index contributed by atoms with van der Waals surface area (Å²) in [6, 6.07) is 5.98. The second kappa shape index (κ2) is 5.59. The van der Waals surface area contributed by atoms with Crippen molar-refractivity contribution in [2.45, 2.75) is 18.8 Å². The number of nitrogens with zero attached hydrogens (tertiary/aromatic N) is 4. The molecule has 24 heavy (non-hydrogen) atoms. The lowest BCUT2D eigenvalue weighted by atomic mass is 9.97. The summed E-state index contributed by atoms with van der Waals surface area (Å²) in [5.74, 6) is 0.936. The van der Waals surface area contributed by atoms with Crippen LogP contribution >= 0.6 is 0 Å². The molecule has 2 aliphatic rings. The number of amides is 3. The molecule has 1 aromatic heterocycles. The molecule has 126 valence electrons. The first-order valence-corrected chi connectivity index (χ1v) is 8.29. The van der Waals surface area contributed by atoms with Crippen LogP contribution in [-0.2, 0) is 11.8 Å². The van der Waals surface area contributed by atoms with Crippen molar-refractivity contribution in [3.8, 4) is 0 Å². The van der Waals surface area contributed by atoms with Crippen LogP contribution in [0, 0.1) is 0 Å². The summed E-state index contributed by atoms with van der Waals surface area (Å²) >= 11 is 0. The molecule has 0 saturated carbocycles. The van der Waals surface area contributed by atoms with Crippen LogP contribution < -0.4 is 10.2 Å². The third-order valence-electron chi connectivity index (χ3n) is 5.03. The Hall–Kier alpha value is -2.41. The number of anilines is 1. The molecule has 2 aliphatic heterocycles. The van der Waals surface area contributed by atoms with Crippen molar-refractivity contribution in [3.05, 3.63) is 23.8 Å². The summed E-state index contributed by atoms with van der Waals surface area (Å²) in [6.45, 7) is 2.57. The number of aromatic nitrogens is 2. The zero-order valence-electron chi connectivity index (χ0n) is 14.0. The Morgan fingerprint density at radius 1 is 1.21 bits per heavy atom. The van der Waals surface area contributed by atoms with E-state index in [0.717, 1.165) is 24.0 Å². The highest BCUT2D eigenvalue weighted by Gasteiger charge is 2.28. The van der Waals surface area contributed by atoms with E-state index in [1.165, 1.54) is 12.0 Å². The van der Waals surface area contributed by atoms with Crippen molar-refractivity contribution in [1.82, 2.24) is 20.0 Å². The predicted molar refractivity (Wildman–Crippen MR) is 91.1 cm³/mol. The zero-order valence-corrected chi connectivity index (χ0v) is 14.0.